The van der Waals surface area contributed by atoms with Crippen LogP contribution in [0.25, 0.3) is 5.57 Å². The highest BCUT2D eigenvalue weighted by atomic mass is 16.5. The van der Waals surface area contributed by atoms with E-state index in [1.807, 2.05) is 0 Å². The van der Waals surface area contributed by atoms with E-state index in [9.17, 15) is 56.2 Å². The van der Waals surface area contributed by atoms with Gasteiger partial charge in [0.1, 0.15) is 34.9 Å². The van der Waals surface area contributed by atoms with Gasteiger partial charge in [-0.1, -0.05) is 6.07 Å². The molecule has 12 nitrogen and oxygen atoms in total. The number of allylic oxidation sites excluding steroid dienone is 2. The molecule has 4 atom stereocenters. The van der Waals surface area contributed by atoms with Crippen LogP contribution in [0, 0.1) is 0 Å². The van der Waals surface area contributed by atoms with Crippen LogP contribution in [0.3, 0.4) is 0 Å². The summed E-state index contributed by atoms with van der Waals surface area (Å²) in [7, 11) is 0. The van der Waals surface area contributed by atoms with Crippen LogP contribution >= 0.6 is 0 Å². The van der Waals surface area contributed by atoms with Gasteiger partial charge in [0.2, 0.25) is 0 Å². The van der Waals surface area contributed by atoms with E-state index < -0.39 is 76.0 Å². The first kappa shape index (κ1) is 27.0. The van der Waals surface area contributed by atoms with Gasteiger partial charge in [0.25, 0.3) is 0 Å². The van der Waals surface area contributed by atoms with Crippen molar-refractivity contribution in [2.24, 2.45) is 0 Å². The topological polar surface area (TPSA) is 232 Å². The standard InChI is InChI=1S/C30H26O12/c31-11-5-18(34)25(19(35)6-11)15-7-13(10-3-21(37)27(40)22(38)4-10)24-12(1-2-16(32)28(24)41)29-23(39)8-14-17(33)9-20(36)26(15)30(14)42-29/h1-6,9,13,18,23,29,31-41H,7-8H2/b25-15+. The van der Waals surface area contributed by atoms with Crippen LogP contribution in [0.2, 0.25) is 0 Å². The lowest BCUT2D eigenvalue weighted by Crippen LogP contribution is -2.31. The van der Waals surface area contributed by atoms with Gasteiger partial charge >= 0.3 is 0 Å². The van der Waals surface area contributed by atoms with Gasteiger partial charge in [0, 0.05) is 46.7 Å². The average molecular weight is 579 g/mol. The third-order valence-corrected chi connectivity index (χ3v) is 7.95. The summed E-state index contributed by atoms with van der Waals surface area (Å²) in [4.78, 5) is 0. The number of phenolic OH excluding ortho intramolecular Hbond substituents is 7. The Morgan fingerprint density at radius 3 is 2.07 bits per heavy atom. The van der Waals surface area contributed by atoms with Crippen LogP contribution in [0.4, 0.5) is 0 Å². The molecule has 42 heavy (non-hydrogen) atoms. The number of aliphatic hydroxyl groups excluding tert-OH is 4. The maximum atomic E-state index is 11.2. The molecular weight excluding hydrogens is 552 g/mol. The third kappa shape index (κ3) is 3.99. The second-order valence-corrected chi connectivity index (χ2v) is 10.5. The number of aromatic hydroxyl groups is 7. The minimum absolute atomic E-state index is 0.00321. The fourth-order valence-electron chi connectivity index (χ4n) is 6.07. The quantitative estimate of drug-likeness (QED) is 0.187. The lowest BCUT2D eigenvalue weighted by molar-refractivity contribution is 0.0190. The molecule has 3 aromatic rings. The van der Waals surface area contributed by atoms with Crippen LogP contribution in [0.15, 0.2) is 59.6 Å². The van der Waals surface area contributed by atoms with Crippen molar-refractivity contribution in [3.8, 4) is 46.0 Å². The molecule has 3 aliphatic rings. The van der Waals surface area contributed by atoms with Gasteiger partial charge in [-0.3, -0.25) is 0 Å². The molecule has 12 heteroatoms. The number of rotatable bonds is 1. The SMILES string of the molecule is OC1=CC(O)/C(=C2/CC(c3cc(O)c(O)c(O)c3)c3c(ccc(O)c3O)C3Oc4c(c(O)cc(O)c42)CC3O)C(O)=C1. The largest absolute Gasteiger partial charge is 0.508 e. The highest BCUT2D eigenvalue weighted by molar-refractivity contribution is 5.84. The smallest absolute Gasteiger partial charge is 0.200 e. The van der Waals surface area contributed by atoms with E-state index in [2.05, 4.69) is 0 Å². The summed E-state index contributed by atoms with van der Waals surface area (Å²) in [6, 6.07) is 5.77. The van der Waals surface area contributed by atoms with Crippen molar-refractivity contribution < 1.29 is 60.9 Å². The number of benzene rings is 3. The molecule has 0 amide bonds. The number of hydrogen-bond acceptors (Lipinski definition) is 12. The summed E-state index contributed by atoms with van der Waals surface area (Å²) in [5.41, 5.74) is 0.0384. The number of ether oxygens (including phenoxy) is 1. The predicted molar refractivity (Wildman–Crippen MR) is 145 cm³/mol. The highest BCUT2D eigenvalue weighted by Crippen LogP contribution is 2.56. The number of aliphatic hydroxyl groups is 4. The fourth-order valence-corrected chi connectivity index (χ4v) is 6.07. The van der Waals surface area contributed by atoms with Crippen LogP contribution in [0.1, 0.15) is 46.3 Å². The van der Waals surface area contributed by atoms with Crippen molar-refractivity contribution >= 4 is 5.57 Å². The zero-order chi connectivity index (χ0) is 30.2. The first-order valence-electron chi connectivity index (χ1n) is 12.8. The van der Waals surface area contributed by atoms with E-state index in [0.717, 1.165) is 30.4 Å². The Bertz CT molecular complexity index is 1730. The molecule has 2 heterocycles. The Labute approximate surface area is 237 Å². The van der Waals surface area contributed by atoms with Crippen molar-refractivity contribution in [1.82, 2.24) is 0 Å². The van der Waals surface area contributed by atoms with E-state index in [0.29, 0.717) is 0 Å². The van der Waals surface area contributed by atoms with Gasteiger partial charge in [-0.05, 0) is 41.8 Å². The Kier molecular flexibility index (Phi) is 6.06. The third-order valence-electron chi connectivity index (χ3n) is 7.95. The van der Waals surface area contributed by atoms with Crippen LogP contribution in [-0.2, 0) is 6.42 Å². The molecule has 0 saturated carbocycles. The Balaban J connectivity index is 1.77. The average Bonchev–Trinajstić information content (AvgIpc) is 2.96. The highest BCUT2D eigenvalue weighted by Gasteiger charge is 2.42. The van der Waals surface area contributed by atoms with Crippen molar-refractivity contribution in [2.45, 2.75) is 37.1 Å². The van der Waals surface area contributed by atoms with Crippen LogP contribution in [-0.4, -0.2) is 68.4 Å². The second-order valence-electron chi connectivity index (χ2n) is 10.5. The Hall–Kier alpha value is -5.20. The molecule has 0 fully saturated rings. The van der Waals surface area contributed by atoms with Gasteiger partial charge in [-0.25, -0.2) is 0 Å². The van der Waals surface area contributed by atoms with Crippen LogP contribution < -0.4 is 4.74 Å². The van der Waals surface area contributed by atoms with E-state index in [-0.39, 0.29) is 57.6 Å². The lowest BCUT2D eigenvalue weighted by Gasteiger charge is -2.34. The fraction of sp³-hybridized carbons (Fsp3) is 0.200. The molecule has 0 spiro atoms. The van der Waals surface area contributed by atoms with Crippen molar-refractivity contribution in [2.75, 3.05) is 0 Å². The maximum Gasteiger partial charge on any atom is 0.200 e. The van der Waals surface area contributed by atoms with Gasteiger partial charge in [0.05, 0.1) is 11.7 Å². The molecule has 1 aliphatic carbocycles. The summed E-state index contributed by atoms with van der Waals surface area (Å²) in [6.07, 6.45) is -2.72. The Morgan fingerprint density at radius 1 is 0.714 bits per heavy atom. The molecule has 2 aliphatic heterocycles. The van der Waals surface area contributed by atoms with Crippen molar-refractivity contribution in [1.29, 1.82) is 0 Å². The molecule has 4 unspecified atom stereocenters. The zero-order valence-electron chi connectivity index (χ0n) is 21.6. The number of hydrogen-bond donors (Lipinski definition) is 11. The molecule has 3 aromatic carbocycles. The summed E-state index contributed by atoms with van der Waals surface area (Å²) >= 11 is 0. The minimum Gasteiger partial charge on any atom is -0.508 e. The second kappa shape index (κ2) is 9.43. The van der Waals surface area contributed by atoms with E-state index in [4.69, 9.17) is 4.74 Å². The Morgan fingerprint density at radius 2 is 1.40 bits per heavy atom. The van der Waals surface area contributed by atoms with E-state index in [1.165, 1.54) is 12.1 Å². The summed E-state index contributed by atoms with van der Waals surface area (Å²) < 4.78 is 6.21. The minimum atomic E-state index is -1.63. The molecule has 218 valence electrons. The molecular formula is C30H26O12. The monoisotopic (exact) mass is 578 g/mol. The number of phenols is 7. The van der Waals surface area contributed by atoms with Crippen LogP contribution in [0.5, 0.6) is 46.0 Å². The molecule has 0 aromatic heterocycles. The first-order chi connectivity index (χ1) is 19.9. The molecule has 0 saturated heterocycles. The number of fused-ring (bicyclic) bond motifs is 3. The molecule has 2 bridgehead atoms. The predicted octanol–water partition coefficient (Wildman–Crippen LogP) is 3.21. The van der Waals surface area contributed by atoms with Gasteiger partial charge < -0.3 is 60.9 Å². The van der Waals surface area contributed by atoms with Gasteiger partial charge in [-0.15, -0.1) is 0 Å². The molecule has 11 N–H and O–H groups in total. The normalized spacial score (nSPS) is 24.8. The molecule has 6 rings (SSSR count). The summed E-state index contributed by atoms with van der Waals surface area (Å²) in [6.45, 7) is 0. The van der Waals surface area contributed by atoms with Crippen molar-refractivity contribution in [3.05, 3.63) is 87.4 Å². The van der Waals surface area contributed by atoms with Crippen molar-refractivity contribution in [3.63, 3.8) is 0 Å². The van der Waals surface area contributed by atoms with E-state index in [1.54, 1.807) is 0 Å². The lowest BCUT2D eigenvalue weighted by atomic mass is 9.78. The summed E-state index contributed by atoms with van der Waals surface area (Å²) in [5, 5.41) is 118. The van der Waals surface area contributed by atoms with Gasteiger partial charge in [0.15, 0.2) is 34.9 Å². The molecule has 0 radical (unpaired) electrons. The summed E-state index contributed by atoms with van der Waals surface area (Å²) in [5.74, 6) is -6.67. The maximum absolute atomic E-state index is 11.2. The zero-order valence-corrected chi connectivity index (χ0v) is 21.6. The first-order valence-corrected chi connectivity index (χ1v) is 12.8. The van der Waals surface area contributed by atoms with E-state index >= 15 is 0 Å². The van der Waals surface area contributed by atoms with Gasteiger partial charge in [-0.2, -0.15) is 0 Å².